The molecule has 0 aliphatic carbocycles. The van der Waals surface area contributed by atoms with Gasteiger partial charge in [0.15, 0.2) is 0 Å². The summed E-state index contributed by atoms with van der Waals surface area (Å²) >= 11 is 0. The standard InChI is InChI=1S/C29H37FN6O/c1-5-35(6-2)16-9-17-36(22(4)33-24-13-14-25(30)21(3)18-24)20-23-12-15-28(32-19-23)29(37)34-27-11-8-7-10-26(27)31/h7-8,10-15,18-19,33H,4-6,9,16-17,20,31H2,1-3H3,(H,34,37). The first-order valence-electron chi connectivity index (χ1n) is 12.6. The monoisotopic (exact) mass is 504 g/mol. The summed E-state index contributed by atoms with van der Waals surface area (Å²) in [6.07, 6.45) is 2.66. The molecule has 3 rings (SSSR count). The second-order valence-corrected chi connectivity index (χ2v) is 8.93. The average Bonchev–Trinajstić information content (AvgIpc) is 2.89. The van der Waals surface area contributed by atoms with Gasteiger partial charge in [0.25, 0.3) is 5.91 Å². The maximum Gasteiger partial charge on any atom is 0.274 e. The minimum absolute atomic E-state index is 0.239. The highest BCUT2D eigenvalue weighted by atomic mass is 19.1. The summed E-state index contributed by atoms with van der Waals surface area (Å²) in [4.78, 5) is 21.5. The maximum atomic E-state index is 13.7. The summed E-state index contributed by atoms with van der Waals surface area (Å²) in [5, 5.41) is 6.11. The third kappa shape index (κ3) is 8.05. The topological polar surface area (TPSA) is 86.5 Å². The fraction of sp³-hybridized carbons (Fsp3) is 0.310. The van der Waals surface area contributed by atoms with Crippen LogP contribution in [0.1, 0.15) is 41.9 Å². The number of anilines is 3. The van der Waals surface area contributed by atoms with Crippen molar-refractivity contribution in [3.63, 3.8) is 0 Å². The highest BCUT2D eigenvalue weighted by molar-refractivity contribution is 6.04. The molecule has 0 radical (unpaired) electrons. The first-order chi connectivity index (χ1) is 17.8. The number of halogens is 1. The van der Waals surface area contributed by atoms with Gasteiger partial charge in [-0.2, -0.15) is 0 Å². The Morgan fingerprint density at radius 1 is 1.05 bits per heavy atom. The number of benzene rings is 2. The predicted molar refractivity (Wildman–Crippen MR) is 150 cm³/mol. The van der Waals surface area contributed by atoms with E-state index in [1.54, 1.807) is 43.5 Å². The second-order valence-electron chi connectivity index (χ2n) is 8.93. The highest BCUT2D eigenvalue weighted by Crippen LogP contribution is 2.20. The fourth-order valence-electron chi connectivity index (χ4n) is 3.97. The number of amides is 1. The van der Waals surface area contributed by atoms with Gasteiger partial charge in [-0.1, -0.05) is 38.6 Å². The van der Waals surface area contributed by atoms with Crippen LogP contribution >= 0.6 is 0 Å². The van der Waals surface area contributed by atoms with E-state index in [1.807, 2.05) is 18.2 Å². The molecule has 3 aromatic rings. The van der Waals surface area contributed by atoms with E-state index < -0.39 is 0 Å². The van der Waals surface area contributed by atoms with Gasteiger partial charge in [0.05, 0.1) is 17.2 Å². The van der Waals surface area contributed by atoms with Crippen LogP contribution < -0.4 is 16.4 Å². The van der Waals surface area contributed by atoms with Crippen LogP contribution in [0.3, 0.4) is 0 Å². The number of pyridine rings is 1. The van der Waals surface area contributed by atoms with Crippen molar-refractivity contribution in [2.45, 2.75) is 33.7 Å². The van der Waals surface area contributed by atoms with E-state index >= 15 is 0 Å². The molecule has 0 unspecified atom stereocenters. The Morgan fingerprint density at radius 3 is 2.46 bits per heavy atom. The van der Waals surface area contributed by atoms with Gasteiger partial charge in [0.2, 0.25) is 0 Å². The molecule has 7 nitrogen and oxygen atoms in total. The third-order valence-corrected chi connectivity index (χ3v) is 6.26. The molecule has 196 valence electrons. The Morgan fingerprint density at radius 2 is 1.81 bits per heavy atom. The van der Waals surface area contributed by atoms with Crippen molar-refractivity contribution in [3.8, 4) is 0 Å². The van der Waals surface area contributed by atoms with E-state index in [9.17, 15) is 9.18 Å². The molecule has 0 saturated carbocycles. The zero-order valence-electron chi connectivity index (χ0n) is 21.9. The summed E-state index contributed by atoms with van der Waals surface area (Å²) in [7, 11) is 0. The van der Waals surface area contributed by atoms with E-state index in [0.717, 1.165) is 43.9 Å². The number of rotatable bonds is 13. The van der Waals surface area contributed by atoms with Crippen molar-refractivity contribution in [1.29, 1.82) is 0 Å². The molecule has 0 bridgehead atoms. The van der Waals surface area contributed by atoms with Crippen LogP contribution in [-0.4, -0.2) is 46.9 Å². The maximum absolute atomic E-state index is 13.7. The van der Waals surface area contributed by atoms with Crippen LogP contribution in [0.2, 0.25) is 0 Å². The number of hydrogen-bond donors (Lipinski definition) is 3. The molecule has 1 aromatic heterocycles. The molecule has 0 aliphatic rings. The fourth-order valence-corrected chi connectivity index (χ4v) is 3.97. The Kier molecular flexibility index (Phi) is 10.0. The largest absolute Gasteiger partial charge is 0.397 e. The summed E-state index contributed by atoms with van der Waals surface area (Å²) in [5.74, 6) is 0.155. The van der Waals surface area contributed by atoms with Crippen LogP contribution in [0.25, 0.3) is 0 Å². The van der Waals surface area contributed by atoms with Crippen LogP contribution in [0.4, 0.5) is 21.5 Å². The van der Waals surface area contributed by atoms with E-state index in [0.29, 0.717) is 35.0 Å². The van der Waals surface area contributed by atoms with Crippen LogP contribution in [-0.2, 0) is 6.54 Å². The van der Waals surface area contributed by atoms with Gasteiger partial charge in [0.1, 0.15) is 11.5 Å². The van der Waals surface area contributed by atoms with Crippen molar-refractivity contribution in [2.75, 3.05) is 42.5 Å². The van der Waals surface area contributed by atoms with Gasteiger partial charge in [-0.15, -0.1) is 0 Å². The molecular weight excluding hydrogens is 467 g/mol. The van der Waals surface area contributed by atoms with Crippen molar-refractivity contribution >= 4 is 23.0 Å². The van der Waals surface area contributed by atoms with Crippen molar-refractivity contribution in [2.24, 2.45) is 0 Å². The number of nitrogen functional groups attached to an aromatic ring is 1. The van der Waals surface area contributed by atoms with Gasteiger partial charge in [0, 0.05) is 25.0 Å². The van der Waals surface area contributed by atoms with Gasteiger partial charge >= 0.3 is 0 Å². The van der Waals surface area contributed by atoms with Crippen molar-refractivity contribution in [3.05, 3.63) is 95.8 Å². The molecule has 0 aliphatic heterocycles. The van der Waals surface area contributed by atoms with Crippen molar-refractivity contribution < 1.29 is 9.18 Å². The molecule has 37 heavy (non-hydrogen) atoms. The molecule has 8 heteroatoms. The molecule has 1 amide bonds. The minimum Gasteiger partial charge on any atom is -0.397 e. The summed E-state index contributed by atoms with van der Waals surface area (Å²) in [5.41, 5.74) is 9.57. The Bertz CT molecular complexity index is 1190. The highest BCUT2D eigenvalue weighted by Gasteiger charge is 2.13. The van der Waals surface area contributed by atoms with E-state index in [4.69, 9.17) is 5.73 Å². The number of nitrogens with zero attached hydrogens (tertiary/aromatic N) is 3. The lowest BCUT2D eigenvalue weighted by Gasteiger charge is -2.29. The number of nitrogens with two attached hydrogens (primary N) is 1. The normalized spacial score (nSPS) is 10.8. The molecule has 0 fully saturated rings. The van der Waals surface area contributed by atoms with Crippen LogP contribution in [0, 0.1) is 12.7 Å². The molecule has 2 aromatic carbocycles. The van der Waals surface area contributed by atoms with Gasteiger partial charge < -0.3 is 26.2 Å². The van der Waals surface area contributed by atoms with Crippen LogP contribution in [0.15, 0.2) is 73.2 Å². The number of nitrogens with one attached hydrogen (secondary N) is 2. The zero-order chi connectivity index (χ0) is 26.8. The molecular formula is C29H37FN6O. The van der Waals surface area contributed by atoms with E-state index in [-0.39, 0.29) is 11.7 Å². The Labute approximate surface area is 219 Å². The van der Waals surface area contributed by atoms with Crippen molar-refractivity contribution in [1.82, 2.24) is 14.8 Å². The number of hydrogen-bond acceptors (Lipinski definition) is 6. The number of carbonyl (C=O) groups is 1. The lowest BCUT2D eigenvalue weighted by Crippen LogP contribution is -2.31. The number of aryl methyl sites for hydroxylation is 1. The van der Waals surface area contributed by atoms with E-state index in [1.165, 1.54) is 6.07 Å². The Hall–Kier alpha value is -3.91. The first-order valence-corrected chi connectivity index (χ1v) is 12.6. The van der Waals surface area contributed by atoms with Gasteiger partial charge in [-0.25, -0.2) is 4.39 Å². The Balaban J connectivity index is 1.69. The molecule has 1 heterocycles. The van der Waals surface area contributed by atoms with E-state index in [2.05, 4.69) is 45.8 Å². The predicted octanol–water partition coefficient (Wildman–Crippen LogP) is 5.48. The first kappa shape index (κ1) is 27.7. The quantitative estimate of drug-likeness (QED) is 0.267. The second kappa shape index (κ2) is 13.4. The molecule has 0 saturated heterocycles. The molecule has 0 atom stereocenters. The van der Waals surface area contributed by atoms with Crippen LogP contribution in [0.5, 0.6) is 0 Å². The SMILES string of the molecule is C=C(Nc1ccc(F)c(C)c1)N(CCCN(CC)CC)Cc1ccc(C(=O)Nc2ccccc2N)nc1. The lowest BCUT2D eigenvalue weighted by atomic mass is 10.2. The lowest BCUT2D eigenvalue weighted by molar-refractivity contribution is 0.102. The average molecular weight is 505 g/mol. The number of para-hydroxylation sites is 2. The summed E-state index contributed by atoms with van der Waals surface area (Å²) in [6, 6.07) is 15.6. The zero-order valence-corrected chi connectivity index (χ0v) is 21.9. The van der Waals surface area contributed by atoms with Gasteiger partial charge in [-0.3, -0.25) is 9.78 Å². The summed E-state index contributed by atoms with van der Waals surface area (Å²) in [6.45, 7) is 14.6. The number of aromatic nitrogens is 1. The molecule has 0 spiro atoms. The smallest absolute Gasteiger partial charge is 0.274 e. The number of carbonyl (C=O) groups excluding carboxylic acids is 1. The third-order valence-electron chi connectivity index (χ3n) is 6.26. The minimum atomic E-state index is -0.321. The summed E-state index contributed by atoms with van der Waals surface area (Å²) < 4.78 is 13.7. The van der Waals surface area contributed by atoms with Gasteiger partial charge in [-0.05, 0) is 80.5 Å². The molecule has 4 N–H and O–H groups in total.